The average Bonchev–Trinajstić information content (AvgIpc) is 2.82. The molecule has 2 amide bonds. The molecule has 0 unspecified atom stereocenters. The molecule has 0 fully saturated rings. The summed E-state index contributed by atoms with van der Waals surface area (Å²) in [5.41, 5.74) is 1.72. The molecule has 0 radical (unpaired) electrons. The molecule has 0 heterocycles. The third-order valence-corrected chi connectivity index (χ3v) is 4.41. The van der Waals surface area contributed by atoms with Crippen molar-refractivity contribution >= 4 is 29.3 Å². The molecule has 0 spiro atoms. The van der Waals surface area contributed by atoms with Crippen molar-refractivity contribution in [1.82, 2.24) is 0 Å². The van der Waals surface area contributed by atoms with Crippen LogP contribution in [0, 0.1) is 0 Å². The number of para-hydroxylation sites is 2. The number of benzene rings is 3. The zero-order valence-electron chi connectivity index (χ0n) is 17.7. The Balaban J connectivity index is 1.93. The van der Waals surface area contributed by atoms with Gasteiger partial charge in [0.2, 0.25) is 0 Å². The summed E-state index contributed by atoms with van der Waals surface area (Å²) in [6.45, 7) is 3.96. The van der Waals surface area contributed by atoms with Gasteiger partial charge in [0.05, 0.1) is 7.11 Å². The molecule has 0 aliphatic rings. The minimum absolute atomic E-state index is 0.0560. The minimum Gasteiger partial charge on any atom is -0.493 e. The molecule has 0 bridgehead atoms. The van der Waals surface area contributed by atoms with Crippen molar-refractivity contribution in [3.8, 4) is 11.5 Å². The van der Waals surface area contributed by atoms with Gasteiger partial charge in [-0.05, 0) is 48.0 Å². The van der Waals surface area contributed by atoms with E-state index in [4.69, 9.17) is 9.47 Å². The van der Waals surface area contributed by atoms with E-state index in [1.54, 1.807) is 72.8 Å². The summed E-state index contributed by atoms with van der Waals surface area (Å²) in [5, 5.41) is 5.52. The monoisotopic (exact) mass is 428 g/mol. The molecule has 2 N–H and O–H groups in total. The zero-order valence-corrected chi connectivity index (χ0v) is 17.7. The van der Waals surface area contributed by atoms with Gasteiger partial charge in [0, 0.05) is 11.4 Å². The second-order valence-electron chi connectivity index (χ2n) is 6.71. The third-order valence-electron chi connectivity index (χ3n) is 4.41. The predicted octanol–water partition coefficient (Wildman–Crippen LogP) is 4.92. The van der Waals surface area contributed by atoms with Crippen LogP contribution < -0.4 is 20.1 Å². The normalized spacial score (nSPS) is 9.91. The van der Waals surface area contributed by atoms with E-state index in [1.807, 2.05) is 12.1 Å². The highest BCUT2D eigenvalue weighted by Crippen LogP contribution is 2.29. The highest BCUT2D eigenvalue weighted by atomic mass is 16.5. The number of rotatable bonds is 9. The quantitative estimate of drug-likeness (QED) is 0.220. The SMILES string of the molecule is C=CCOc1ccc(C=C(C(=O)Nc2ccccc2)C(=O)Nc2ccccc2)cc1OC. The highest BCUT2D eigenvalue weighted by molar-refractivity contribution is 6.28. The molecule has 6 nitrogen and oxygen atoms in total. The van der Waals surface area contributed by atoms with E-state index >= 15 is 0 Å². The lowest BCUT2D eigenvalue weighted by Crippen LogP contribution is -2.25. The van der Waals surface area contributed by atoms with Crippen LogP contribution in [0.1, 0.15) is 5.56 Å². The Morgan fingerprint density at radius 1 is 0.844 bits per heavy atom. The average molecular weight is 428 g/mol. The molecule has 3 rings (SSSR count). The molecule has 6 heteroatoms. The fraction of sp³-hybridized carbons (Fsp3) is 0.0769. The Bertz CT molecular complexity index is 1050. The van der Waals surface area contributed by atoms with Crippen molar-refractivity contribution in [2.75, 3.05) is 24.4 Å². The number of amides is 2. The number of methoxy groups -OCH3 is 1. The van der Waals surface area contributed by atoms with Crippen LogP contribution in [0.5, 0.6) is 11.5 Å². The predicted molar refractivity (Wildman–Crippen MR) is 127 cm³/mol. The van der Waals surface area contributed by atoms with Gasteiger partial charge in [-0.1, -0.05) is 55.1 Å². The van der Waals surface area contributed by atoms with Crippen molar-refractivity contribution < 1.29 is 19.1 Å². The lowest BCUT2D eigenvalue weighted by molar-refractivity contribution is -0.118. The van der Waals surface area contributed by atoms with Crippen molar-refractivity contribution in [1.29, 1.82) is 0 Å². The zero-order chi connectivity index (χ0) is 22.8. The molecule has 3 aromatic carbocycles. The minimum atomic E-state index is -0.532. The lowest BCUT2D eigenvalue weighted by Gasteiger charge is -2.12. The number of carbonyl (C=O) groups excluding carboxylic acids is 2. The number of hydrogen-bond donors (Lipinski definition) is 2. The van der Waals surface area contributed by atoms with Gasteiger partial charge in [-0.25, -0.2) is 0 Å². The van der Waals surface area contributed by atoms with Gasteiger partial charge in [-0.15, -0.1) is 0 Å². The lowest BCUT2D eigenvalue weighted by atomic mass is 10.1. The van der Waals surface area contributed by atoms with E-state index in [1.165, 1.54) is 13.2 Å². The van der Waals surface area contributed by atoms with Crippen molar-refractivity contribution in [2.45, 2.75) is 0 Å². The molecule has 0 aromatic heterocycles. The molecular weight excluding hydrogens is 404 g/mol. The standard InChI is InChI=1S/C26H24N2O4/c1-3-16-32-23-15-14-19(18-24(23)31-2)17-22(25(29)27-20-10-6-4-7-11-20)26(30)28-21-12-8-5-9-13-21/h3-15,17-18H,1,16H2,2H3,(H,27,29)(H,28,30). The van der Waals surface area contributed by atoms with E-state index in [-0.39, 0.29) is 5.57 Å². The Hall–Kier alpha value is -4.32. The summed E-state index contributed by atoms with van der Waals surface area (Å²) < 4.78 is 11.0. The maximum absolute atomic E-state index is 13.0. The van der Waals surface area contributed by atoms with E-state index in [9.17, 15) is 9.59 Å². The van der Waals surface area contributed by atoms with Crippen LogP contribution in [0.4, 0.5) is 11.4 Å². The second-order valence-corrected chi connectivity index (χ2v) is 6.71. The van der Waals surface area contributed by atoms with Gasteiger partial charge < -0.3 is 20.1 Å². The Morgan fingerprint density at radius 2 is 1.41 bits per heavy atom. The summed E-state index contributed by atoms with van der Waals surface area (Å²) in [6.07, 6.45) is 3.14. The first-order valence-electron chi connectivity index (χ1n) is 9.97. The fourth-order valence-corrected chi connectivity index (χ4v) is 2.88. The van der Waals surface area contributed by atoms with Gasteiger partial charge in [-0.2, -0.15) is 0 Å². The summed E-state index contributed by atoms with van der Waals surface area (Å²) >= 11 is 0. The van der Waals surface area contributed by atoms with Gasteiger partial charge in [-0.3, -0.25) is 9.59 Å². The number of nitrogens with one attached hydrogen (secondary N) is 2. The highest BCUT2D eigenvalue weighted by Gasteiger charge is 2.19. The number of anilines is 2. The van der Waals surface area contributed by atoms with Crippen LogP contribution in [0.25, 0.3) is 6.08 Å². The third kappa shape index (κ3) is 6.09. The molecule has 0 aliphatic heterocycles. The van der Waals surface area contributed by atoms with Crippen LogP contribution in [-0.2, 0) is 9.59 Å². The van der Waals surface area contributed by atoms with Crippen LogP contribution in [-0.4, -0.2) is 25.5 Å². The number of hydrogen-bond acceptors (Lipinski definition) is 4. The maximum atomic E-state index is 13.0. The summed E-state index contributed by atoms with van der Waals surface area (Å²) in [4.78, 5) is 26.0. The first-order valence-corrected chi connectivity index (χ1v) is 9.97. The van der Waals surface area contributed by atoms with Crippen LogP contribution in [0.3, 0.4) is 0 Å². The molecule has 0 saturated heterocycles. The van der Waals surface area contributed by atoms with Crippen molar-refractivity contribution in [2.24, 2.45) is 0 Å². The Kier molecular flexibility index (Phi) is 7.81. The first-order chi connectivity index (χ1) is 15.6. The number of carbonyl (C=O) groups is 2. The molecule has 162 valence electrons. The van der Waals surface area contributed by atoms with Crippen LogP contribution >= 0.6 is 0 Å². The smallest absolute Gasteiger partial charge is 0.261 e. The van der Waals surface area contributed by atoms with Gasteiger partial charge in [0.1, 0.15) is 12.2 Å². The summed E-state index contributed by atoms with van der Waals surface area (Å²) in [5.74, 6) is -0.0494. The topological polar surface area (TPSA) is 76.7 Å². The second kappa shape index (κ2) is 11.2. The van der Waals surface area contributed by atoms with E-state index < -0.39 is 11.8 Å². The van der Waals surface area contributed by atoms with E-state index in [0.717, 1.165) is 0 Å². The van der Waals surface area contributed by atoms with Crippen molar-refractivity contribution in [3.63, 3.8) is 0 Å². The Morgan fingerprint density at radius 3 is 1.91 bits per heavy atom. The first kappa shape index (κ1) is 22.4. The van der Waals surface area contributed by atoms with Crippen LogP contribution in [0.2, 0.25) is 0 Å². The van der Waals surface area contributed by atoms with Gasteiger partial charge >= 0.3 is 0 Å². The van der Waals surface area contributed by atoms with Gasteiger partial charge in [0.15, 0.2) is 11.5 Å². The summed E-state index contributed by atoms with van der Waals surface area (Å²) in [6, 6.07) is 23.1. The summed E-state index contributed by atoms with van der Waals surface area (Å²) in [7, 11) is 1.52. The van der Waals surface area contributed by atoms with Crippen LogP contribution in [0.15, 0.2) is 97.1 Å². The Labute approximate surface area is 187 Å². The molecule has 0 saturated carbocycles. The molecule has 3 aromatic rings. The molecule has 0 atom stereocenters. The molecular formula is C26H24N2O4. The molecule has 0 aliphatic carbocycles. The largest absolute Gasteiger partial charge is 0.493 e. The number of ether oxygens (including phenoxy) is 2. The van der Waals surface area contributed by atoms with Gasteiger partial charge in [0.25, 0.3) is 11.8 Å². The van der Waals surface area contributed by atoms with E-state index in [0.29, 0.717) is 35.0 Å². The molecule has 32 heavy (non-hydrogen) atoms. The maximum Gasteiger partial charge on any atom is 0.261 e. The van der Waals surface area contributed by atoms with Crippen molar-refractivity contribution in [3.05, 3.63) is 103 Å². The van der Waals surface area contributed by atoms with E-state index in [2.05, 4.69) is 17.2 Å². The fourth-order valence-electron chi connectivity index (χ4n) is 2.88.